The molecule has 0 fully saturated rings. The minimum atomic E-state index is 0.623. The standard InChI is InChI=1S/C16H15BrN4/c1-11-13(17)8-5-9-14(11)18-10-15-16(20-21-19-15)12-6-3-2-4-7-12/h2-9,18H,10H2,1H3,(H,19,20,21). The maximum atomic E-state index is 4.25. The summed E-state index contributed by atoms with van der Waals surface area (Å²) in [5.41, 5.74) is 5.12. The Bertz CT molecular complexity index is 737. The predicted octanol–water partition coefficient (Wildman–Crippen LogP) is 4.15. The number of H-pyrrole nitrogens is 1. The fourth-order valence-electron chi connectivity index (χ4n) is 2.18. The number of aromatic amines is 1. The molecule has 3 aromatic rings. The number of hydrogen-bond donors (Lipinski definition) is 2. The first-order chi connectivity index (χ1) is 10.3. The molecule has 3 rings (SSSR count). The average Bonchev–Trinajstić information content (AvgIpc) is 2.98. The molecule has 21 heavy (non-hydrogen) atoms. The molecule has 0 unspecified atom stereocenters. The Hall–Kier alpha value is -2.14. The molecule has 1 aromatic heterocycles. The average molecular weight is 343 g/mol. The Labute approximate surface area is 131 Å². The Morgan fingerprint density at radius 1 is 1.05 bits per heavy atom. The van der Waals surface area contributed by atoms with Gasteiger partial charge in [0.1, 0.15) is 11.4 Å². The minimum Gasteiger partial charge on any atom is -0.379 e. The highest BCUT2D eigenvalue weighted by atomic mass is 79.9. The number of nitrogens with zero attached hydrogens (tertiary/aromatic N) is 2. The van der Waals surface area contributed by atoms with Crippen molar-refractivity contribution in [2.45, 2.75) is 13.5 Å². The number of anilines is 1. The highest BCUT2D eigenvalue weighted by Gasteiger charge is 2.10. The Morgan fingerprint density at radius 3 is 2.67 bits per heavy atom. The zero-order chi connectivity index (χ0) is 14.7. The molecule has 0 aliphatic carbocycles. The van der Waals surface area contributed by atoms with E-state index in [-0.39, 0.29) is 0 Å². The van der Waals surface area contributed by atoms with Gasteiger partial charge in [-0.05, 0) is 24.6 Å². The van der Waals surface area contributed by atoms with Crippen molar-refractivity contribution in [2.75, 3.05) is 5.32 Å². The first kappa shape index (κ1) is 13.8. The van der Waals surface area contributed by atoms with Crippen molar-refractivity contribution in [3.63, 3.8) is 0 Å². The summed E-state index contributed by atoms with van der Waals surface area (Å²) in [5, 5.41) is 14.6. The van der Waals surface area contributed by atoms with Crippen LogP contribution in [0.15, 0.2) is 53.0 Å². The summed E-state index contributed by atoms with van der Waals surface area (Å²) in [6.45, 7) is 2.70. The van der Waals surface area contributed by atoms with Crippen molar-refractivity contribution < 1.29 is 0 Å². The second-order valence-corrected chi connectivity index (χ2v) is 5.61. The van der Waals surface area contributed by atoms with E-state index >= 15 is 0 Å². The molecule has 0 saturated heterocycles. The molecule has 2 aromatic carbocycles. The zero-order valence-corrected chi connectivity index (χ0v) is 13.2. The zero-order valence-electron chi connectivity index (χ0n) is 11.6. The van der Waals surface area contributed by atoms with Crippen LogP contribution in [-0.4, -0.2) is 15.4 Å². The molecule has 0 atom stereocenters. The van der Waals surface area contributed by atoms with Crippen LogP contribution in [0.3, 0.4) is 0 Å². The van der Waals surface area contributed by atoms with E-state index in [9.17, 15) is 0 Å². The lowest BCUT2D eigenvalue weighted by Gasteiger charge is -2.10. The largest absolute Gasteiger partial charge is 0.379 e. The van der Waals surface area contributed by atoms with Gasteiger partial charge in [-0.2, -0.15) is 15.4 Å². The summed E-state index contributed by atoms with van der Waals surface area (Å²) < 4.78 is 1.09. The fourth-order valence-corrected chi connectivity index (χ4v) is 2.55. The number of nitrogens with one attached hydrogen (secondary N) is 2. The van der Waals surface area contributed by atoms with Crippen molar-refractivity contribution >= 4 is 21.6 Å². The van der Waals surface area contributed by atoms with Crippen LogP contribution in [0.5, 0.6) is 0 Å². The maximum absolute atomic E-state index is 4.25. The van der Waals surface area contributed by atoms with Crippen molar-refractivity contribution in [3.8, 4) is 11.3 Å². The normalized spacial score (nSPS) is 10.6. The second kappa shape index (κ2) is 6.10. The van der Waals surface area contributed by atoms with Crippen LogP contribution in [0.2, 0.25) is 0 Å². The molecule has 0 amide bonds. The number of rotatable bonds is 4. The number of halogens is 1. The molecule has 4 nitrogen and oxygen atoms in total. The Morgan fingerprint density at radius 2 is 1.86 bits per heavy atom. The van der Waals surface area contributed by atoms with E-state index in [0.717, 1.165) is 27.1 Å². The van der Waals surface area contributed by atoms with Crippen LogP contribution >= 0.6 is 15.9 Å². The topological polar surface area (TPSA) is 53.6 Å². The van der Waals surface area contributed by atoms with Gasteiger partial charge in [0.15, 0.2) is 0 Å². The molecule has 0 aliphatic heterocycles. The molecule has 0 bridgehead atoms. The molecule has 0 saturated carbocycles. The van der Waals surface area contributed by atoms with Gasteiger partial charge in [0.2, 0.25) is 0 Å². The highest BCUT2D eigenvalue weighted by Crippen LogP contribution is 2.25. The molecular weight excluding hydrogens is 328 g/mol. The van der Waals surface area contributed by atoms with Crippen molar-refractivity contribution in [3.05, 3.63) is 64.3 Å². The van der Waals surface area contributed by atoms with E-state index in [1.165, 1.54) is 5.56 Å². The lowest BCUT2D eigenvalue weighted by Crippen LogP contribution is -2.03. The first-order valence-electron chi connectivity index (χ1n) is 6.70. The van der Waals surface area contributed by atoms with Gasteiger partial charge in [0.25, 0.3) is 0 Å². The highest BCUT2D eigenvalue weighted by molar-refractivity contribution is 9.10. The van der Waals surface area contributed by atoms with E-state index in [2.05, 4.69) is 49.6 Å². The van der Waals surface area contributed by atoms with Crippen LogP contribution in [0.25, 0.3) is 11.3 Å². The molecule has 2 N–H and O–H groups in total. The van der Waals surface area contributed by atoms with Gasteiger partial charge in [-0.15, -0.1) is 0 Å². The summed E-state index contributed by atoms with van der Waals surface area (Å²) in [4.78, 5) is 0. The predicted molar refractivity (Wildman–Crippen MR) is 88.0 cm³/mol. The van der Waals surface area contributed by atoms with Gasteiger partial charge in [-0.3, -0.25) is 0 Å². The van der Waals surface area contributed by atoms with E-state index < -0.39 is 0 Å². The monoisotopic (exact) mass is 342 g/mol. The van der Waals surface area contributed by atoms with E-state index in [1.54, 1.807) is 0 Å². The third kappa shape index (κ3) is 2.97. The molecule has 106 valence electrons. The molecular formula is C16H15BrN4. The summed E-state index contributed by atoms with van der Waals surface area (Å²) in [6, 6.07) is 16.2. The van der Waals surface area contributed by atoms with Gasteiger partial charge in [-0.1, -0.05) is 52.3 Å². The SMILES string of the molecule is Cc1c(Br)cccc1NCc1n[nH]nc1-c1ccccc1. The van der Waals surface area contributed by atoms with Crippen LogP contribution in [0, 0.1) is 6.92 Å². The van der Waals surface area contributed by atoms with Gasteiger partial charge in [-0.25, -0.2) is 0 Å². The number of benzene rings is 2. The summed E-state index contributed by atoms with van der Waals surface area (Å²) in [6.07, 6.45) is 0. The number of hydrogen-bond acceptors (Lipinski definition) is 3. The van der Waals surface area contributed by atoms with Crippen molar-refractivity contribution in [1.29, 1.82) is 0 Å². The van der Waals surface area contributed by atoms with Gasteiger partial charge < -0.3 is 5.32 Å². The van der Waals surface area contributed by atoms with Crippen LogP contribution < -0.4 is 5.32 Å². The van der Waals surface area contributed by atoms with Crippen LogP contribution in [0.4, 0.5) is 5.69 Å². The third-order valence-electron chi connectivity index (χ3n) is 3.38. The Kier molecular flexibility index (Phi) is 4.01. The van der Waals surface area contributed by atoms with Crippen molar-refractivity contribution in [2.24, 2.45) is 0 Å². The lowest BCUT2D eigenvalue weighted by atomic mass is 10.1. The van der Waals surface area contributed by atoms with Crippen LogP contribution in [-0.2, 0) is 6.54 Å². The molecule has 0 radical (unpaired) electrons. The molecule has 0 aliphatic rings. The summed E-state index contributed by atoms with van der Waals surface area (Å²) in [5.74, 6) is 0. The smallest absolute Gasteiger partial charge is 0.117 e. The first-order valence-corrected chi connectivity index (χ1v) is 7.49. The van der Waals surface area contributed by atoms with Gasteiger partial charge in [0.05, 0.1) is 6.54 Å². The summed E-state index contributed by atoms with van der Waals surface area (Å²) >= 11 is 3.54. The van der Waals surface area contributed by atoms with Crippen LogP contribution in [0.1, 0.15) is 11.3 Å². The Balaban J connectivity index is 1.81. The molecule has 1 heterocycles. The van der Waals surface area contributed by atoms with Crippen molar-refractivity contribution in [1.82, 2.24) is 15.4 Å². The minimum absolute atomic E-state index is 0.623. The van der Waals surface area contributed by atoms with Gasteiger partial charge >= 0.3 is 0 Å². The quantitative estimate of drug-likeness (QED) is 0.748. The van der Waals surface area contributed by atoms with E-state index in [1.807, 2.05) is 42.5 Å². The fraction of sp³-hybridized carbons (Fsp3) is 0.125. The maximum Gasteiger partial charge on any atom is 0.117 e. The van der Waals surface area contributed by atoms with E-state index in [0.29, 0.717) is 6.54 Å². The van der Waals surface area contributed by atoms with Gasteiger partial charge in [0, 0.05) is 15.7 Å². The lowest BCUT2D eigenvalue weighted by molar-refractivity contribution is 0.911. The molecule has 5 heteroatoms. The third-order valence-corrected chi connectivity index (χ3v) is 4.24. The van der Waals surface area contributed by atoms with E-state index in [4.69, 9.17) is 0 Å². The second-order valence-electron chi connectivity index (χ2n) is 4.75. The number of aromatic nitrogens is 3. The molecule has 0 spiro atoms. The summed E-state index contributed by atoms with van der Waals surface area (Å²) in [7, 11) is 0.